The lowest BCUT2D eigenvalue weighted by atomic mass is 10.1. The molecule has 0 unspecified atom stereocenters. The number of likely N-dealkylation sites (N-methyl/N-ethyl adjacent to an activating group) is 1. The molecule has 0 aliphatic carbocycles. The van der Waals surface area contributed by atoms with E-state index in [9.17, 15) is 22.8 Å². The molecule has 1 aliphatic rings. The van der Waals surface area contributed by atoms with E-state index < -0.39 is 17.8 Å². The van der Waals surface area contributed by atoms with Crippen molar-refractivity contribution < 1.29 is 22.8 Å². The number of halogens is 3. The van der Waals surface area contributed by atoms with Crippen LogP contribution in [0.2, 0.25) is 0 Å². The third-order valence-corrected chi connectivity index (χ3v) is 4.90. The number of alkyl halides is 3. The van der Waals surface area contributed by atoms with Gasteiger partial charge in [-0.1, -0.05) is 18.2 Å². The van der Waals surface area contributed by atoms with Gasteiger partial charge in [-0.25, -0.2) is 14.8 Å². The first-order chi connectivity index (χ1) is 15.2. The van der Waals surface area contributed by atoms with Gasteiger partial charge >= 0.3 is 12.2 Å². The van der Waals surface area contributed by atoms with Gasteiger partial charge in [0.05, 0.1) is 30.0 Å². The summed E-state index contributed by atoms with van der Waals surface area (Å²) in [4.78, 5) is 36.7. The number of nitrogens with zero attached hydrogens (tertiary/aromatic N) is 4. The number of rotatable bonds is 2. The standard InChI is InChI=1S/C22H18F3N5O2/c1-29-12-16(31)13-30(21(32)28-19-7-2-3-10-26-19)20-18(29)9-8-17(27-20)14-5-4-6-15(11-14)22(23,24)25/h2-11H,12-13H2,1H3,(H,26,28,32). The number of benzene rings is 1. The summed E-state index contributed by atoms with van der Waals surface area (Å²) in [6.07, 6.45) is -2.99. The minimum Gasteiger partial charge on any atom is -0.364 e. The normalized spacial score (nSPS) is 14.1. The number of nitrogens with one attached hydrogen (secondary N) is 1. The van der Waals surface area contributed by atoms with Crippen LogP contribution >= 0.6 is 0 Å². The molecule has 10 heteroatoms. The van der Waals surface area contributed by atoms with Gasteiger partial charge in [0.15, 0.2) is 11.6 Å². The van der Waals surface area contributed by atoms with Crippen LogP contribution in [0.25, 0.3) is 11.3 Å². The molecule has 3 aromatic rings. The van der Waals surface area contributed by atoms with Crippen LogP contribution < -0.4 is 15.1 Å². The Bertz CT molecular complexity index is 1170. The molecule has 4 rings (SSSR count). The Hall–Kier alpha value is -3.95. The van der Waals surface area contributed by atoms with E-state index in [0.717, 1.165) is 12.1 Å². The van der Waals surface area contributed by atoms with Gasteiger partial charge in [-0.05, 0) is 36.4 Å². The zero-order valence-electron chi connectivity index (χ0n) is 16.9. The van der Waals surface area contributed by atoms with E-state index in [1.165, 1.54) is 23.2 Å². The molecule has 7 nitrogen and oxygen atoms in total. The molecule has 0 radical (unpaired) electrons. The number of pyridine rings is 2. The summed E-state index contributed by atoms with van der Waals surface area (Å²) in [5, 5.41) is 2.62. The topological polar surface area (TPSA) is 78.4 Å². The second kappa shape index (κ2) is 8.29. The first kappa shape index (κ1) is 21.3. The van der Waals surface area contributed by atoms with Crippen LogP contribution in [0.5, 0.6) is 0 Å². The SMILES string of the molecule is CN1CC(=O)CN(C(=O)Nc2ccccn2)c2nc(-c3cccc(C(F)(F)F)c3)ccc21. The molecule has 32 heavy (non-hydrogen) atoms. The summed E-state index contributed by atoms with van der Waals surface area (Å²) >= 11 is 0. The van der Waals surface area contributed by atoms with Crippen LogP contribution in [0.4, 0.5) is 35.3 Å². The quantitative estimate of drug-likeness (QED) is 0.644. The van der Waals surface area contributed by atoms with Crippen LogP contribution in [0.15, 0.2) is 60.8 Å². The maximum Gasteiger partial charge on any atom is 0.416 e. The number of ketones is 1. The van der Waals surface area contributed by atoms with Crippen LogP contribution in [0.3, 0.4) is 0 Å². The molecule has 0 fully saturated rings. The van der Waals surface area contributed by atoms with Gasteiger partial charge in [-0.15, -0.1) is 0 Å². The average molecular weight is 441 g/mol. The number of hydrogen-bond acceptors (Lipinski definition) is 5. The number of aromatic nitrogens is 2. The lowest BCUT2D eigenvalue weighted by Crippen LogP contribution is -2.39. The van der Waals surface area contributed by atoms with Crippen LogP contribution in [-0.2, 0) is 11.0 Å². The molecule has 0 spiro atoms. The highest BCUT2D eigenvalue weighted by Gasteiger charge is 2.32. The fourth-order valence-electron chi connectivity index (χ4n) is 3.39. The van der Waals surface area contributed by atoms with Gasteiger partial charge < -0.3 is 4.90 Å². The van der Waals surface area contributed by atoms with E-state index in [0.29, 0.717) is 5.69 Å². The monoisotopic (exact) mass is 441 g/mol. The van der Waals surface area contributed by atoms with E-state index in [2.05, 4.69) is 15.3 Å². The second-order valence-electron chi connectivity index (χ2n) is 7.24. The van der Waals surface area contributed by atoms with E-state index in [-0.39, 0.29) is 41.8 Å². The van der Waals surface area contributed by atoms with Crippen LogP contribution in [0, 0.1) is 0 Å². The van der Waals surface area contributed by atoms with Crippen molar-refractivity contribution in [3.8, 4) is 11.3 Å². The summed E-state index contributed by atoms with van der Waals surface area (Å²) in [6.45, 7) is -0.181. The van der Waals surface area contributed by atoms with Crippen molar-refractivity contribution in [1.29, 1.82) is 0 Å². The van der Waals surface area contributed by atoms with E-state index in [1.807, 2.05) is 0 Å². The lowest BCUT2D eigenvalue weighted by molar-refractivity contribution is -0.137. The maximum absolute atomic E-state index is 13.1. The Morgan fingerprint density at radius 2 is 1.88 bits per heavy atom. The summed E-state index contributed by atoms with van der Waals surface area (Å²) in [5.74, 6) is 0.238. The number of hydrogen-bond donors (Lipinski definition) is 1. The number of Topliss-reactive ketones (excluding diaryl/α,β-unsaturated/α-hetero) is 1. The molecule has 0 saturated carbocycles. The van der Waals surface area contributed by atoms with Crippen molar-refractivity contribution in [3.63, 3.8) is 0 Å². The minimum atomic E-state index is -4.50. The van der Waals surface area contributed by atoms with Crippen molar-refractivity contribution in [1.82, 2.24) is 9.97 Å². The number of carbonyl (C=O) groups is 2. The summed E-state index contributed by atoms with van der Waals surface area (Å²) in [7, 11) is 1.68. The Morgan fingerprint density at radius 1 is 1.06 bits per heavy atom. The molecule has 2 aromatic heterocycles. The van der Waals surface area contributed by atoms with Crippen LogP contribution in [-0.4, -0.2) is 41.9 Å². The smallest absolute Gasteiger partial charge is 0.364 e. The molecule has 0 saturated heterocycles. The fourth-order valence-corrected chi connectivity index (χ4v) is 3.39. The minimum absolute atomic E-state index is 0.0605. The molecule has 164 valence electrons. The zero-order valence-corrected chi connectivity index (χ0v) is 16.9. The van der Waals surface area contributed by atoms with Crippen molar-refractivity contribution in [2.75, 3.05) is 35.3 Å². The average Bonchev–Trinajstić information content (AvgIpc) is 2.89. The Kier molecular flexibility index (Phi) is 5.52. The summed E-state index contributed by atoms with van der Waals surface area (Å²) < 4.78 is 39.4. The largest absolute Gasteiger partial charge is 0.416 e. The van der Waals surface area contributed by atoms with Gasteiger partial charge in [0.2, 0.25) is 0 Å². The fraction of sp³-hybridized carbons (Fsp3) is 0.182. The predicted molar refractivity (Wildman–Crippen MR) is 114 cm³/mol. The third kappa shape index (κ3) is 4.39. The summed E-state index contributed by atoms with van der Waals surface area (Å²) in [5.41, 5.74) is 0.186. The molecule has 0 atom stereocenters. The van der Waals surface area contributed by atoms with Crippen molar-refractivity contribution in [2.24, 2.45) is 0 Å². The van der Waals surface area contributed by atoms with Gasteiger partial charge in [-0.3, -0.25) is 15.0 Å². The Labute approximate surface area is 181 Å². The highest BCUT2D eigenvalue weighted by atomic mass is 19.4. The molecule has 0 bridgehead atoms. The van der Waals surface area contributed by atoms with E-state index in [4.69, 9.17) is 0 Å². The van der Waals surface area contributed by atoms with Crippen molar-refractivity contribution in [2.45, 2.75) is 6.18 Å². The first-order valence-corrected chi connectivity index (χ1v) is 9.63. The number of carbonyl (C=O) groups excluding carboxylic acids is 2. The van der Waals surface area contributed by atoms with Gasteiger partial charge in [0, 0.05) is 18.8 Å². The molecule has 2 amide bonds. The van der Waals surface area contributed by atoms with Gasteiger partial charge in [-0.2, -0.15) is 13.2 Å². The molecular weight excluding hydrogens is 423 g/mol. The van der Waals surface area contributed by atoms with E-state index in [1.54, 1.807) is 42.3 Å². The molecule has 1 aromatic carbocycles. The highest BCUT2D eigenvalue weighted by molar-refractivity contribution is 6.08. The Morgan fingerprint density at radius 3 is 2.59 bits per heavy atom. The molecular formula is C22H18F3N5O2. The van der Waals surface area contributed by atoms with Crippen molar-refractivity contribution >= 4 is 29.1 Å². The number of fused-ring (bicyclic) bond motifs is 1. The maximum atomic E-state index is 13.1. The third-order valence-electron chi connectivity index (χ3n) is 4.90. The first-order valence-electron chi connectivity index (χ1n) is 9.63. The van der Waals surface area contributed by atoms with Gasteiger partial charge in [0.1, 0.15) is 5.82 Å². The van der Waals surface area contributed by atoms with Gasteiger partial charge in [0.25, 0.3) is 0 Å². The number of anilines is 3. The van der Waals surface area contributed by atoms with Crippen molar-refractivity contribution in [3.05, 3.63) is 66.4 Å². The molecule has 1 aliphatic heterocycles. The number of amides is 2. The zero-order chi connectivity index (χ0) is 22.9. The molecule has 3 heterocycles. The number of urea groups is 1. The summed E-state index contributed by atoms with van der Waals surface area (Å²) in [6, 6.07) is 12.3. The van der Waals surface area contributed by atoms with Crippen LogP contribution in [0.1, 0.15) is 5.56 Å². The predicted octanol–water partition coefficient (Wildman–Crippen LogP) is 4.22. The molecule has 1 N–H and O–H groups in total. The Balaban J connectivity index is 1.76. The second-order valence-corrected chi connectivity index (χ2v) is 7.24. The lowest BCUT2D eigenvalue weighted by Gasteiger charge is -2.23. The van der Waals surface area contributed by atoms with E-state index >= 15 is 0 Å². The highest BCUT2D eigenvalue weighted by Crippen LogP contribution is 2.35.